The first-order valence-corrected chi connectivity index (χ1v) is 7.56. The molecule has 98 valence electrons. The van der Waals surface area contributed by atoms with Crippen LogP contribution in [0.2, 0.25) is 5.02 Å². The monoisotopic (exact) mass is 291 g/mol. The molecule has 0 aliphatic heterocycles. The molecular formula is C15H14ClNOS. The van der Waals surface area contributed by atoms with Gasteiger partial charge >= 0.3 is 0 Å². The van der Waals surface area contributed by atoms with Gasteiger partial charge in [-0.3, -0.25) is 4.79 Å². The van der Waals surface area contributed by atoms with Crippen LogP contribution in [0.15, 0.2) is 24.3 Å². The maximum absolute atomic E-state index is 12.6. The molecule has 2 aromatic rings. The molecule has 0 radical (unpaired) electrons. The van der Waals surface area contributed by atoms with Crippen LogP contribution in [0.1, 0.15) is 39.2 Å². The fourth-order valence-electron chi connectivity index (χ4n) is 2.61. The Morgan fingerprint density at radius 1 is 1.26 bits per heavy atom. The molecule has 0 bridgehead atoms. The van der Waals surface area contributed by atoms with Crippen LogP contribution in [0, 0.1) is 0 Å². The van der Waals surface area contributed by atoms with Crippen LogP contribution in [0.3, 0.4) is 0 Å². The van der Waals surface area contributed by atoms with Crippen LogP contribution in [-0.2, 0) is 12.8 Å². The molecule has 19 heavy (non-hydrogen) atoms. The van der Waals surface area contributed by atoms with Gasteiger partial charge in [0.25, 0.3) is 0 Å². The van der Waals surface area contributed by atoms with Crippen molar-refractivity contribution < 1.29 is 4.79 Å². The molecule has 0 spiro atoms. The number of nitrogens with two attached hydrogens (primary N) is 1. The Morgan fingerprint density at radius 2 is 2.05 bits per heavy atom. The lowest BCUT2D eigenvalue weighted by Crippen LogP contribution is -2.09. The summed E-state index contributed by atoms with van der Waals surface area (Å²) in [5, 5.41) is 1.23. The van der Waals surface area contributed by atoms with Crippen molar-refractivity contribution in [3.63, 3.8) is 0 Å². The van der Waals surface area contributed by atoms with Crippen molar-refractivity contribution in [3.05, 3.63) is 50.9 Å². The highest BCUT2D eigenvalue weighted by molar-refractivity contribution is 7.16. The summed E-state index contributed by atoms with van der Waals surface area (Å²) in [6.07, 6.45) is 4.34. The zero-order valence-corrected chi connectivity index (χ0v) is 12.0. The minimum atomic E-state index is -0.000556. The number of benzene rings is 1. The molecule has 1 aliphatic rings. The first-order chi connectivity index (χ1) is 9.16. The van der Waals surface area contributed by atoms with Gasteiger partial charge in [0.05, 0.1) is 10.6 Å². The molecule has 0 saturated heterocycles. The topological polar surface area (TPSA) is 43.1 Å². The number of hydrogen-bond donors (Lipinski definition) is 1. The van der Waals surface area contributed by atoms with E-state index in [-0.39, 0.29) is 5.78 Å². The van der Waals surface area contributed by atoms with Gasteiger partial charge in [-0.1, -0.05) is 23.7 Å². The number of nitrogen functional groups attached to an aromatic ring is 1. The average Bonchev–Trinajstić information content (AvgIpc) is 2.74. The van der Waals surface area contributed by atoms with Crippen LogP contribution >= 0.6 is 22.9 Å². The van der Waals surface area contributed by atoms with Crippen molar-refractivity contribution in [1.82, 2.24) is 0 Å². The van der Waals surface area contributed by atoms with Crippen LogP contribution in [0.5, 0.6) is 0 Å². The number of fused-ring (bicyclic) bond motifs is 1. The number of anilines is 1. The first-order valence-electron chi connectivity index (χ1n) is 6.37. The second-order valence-corrected chi connectivity index (χ2v) is 6.36. The Bertz CT molecular complexity index is 648. The molecule has 0 fully saturated rings. The summed E-state index contributed by atoms with van der Waals surface area (Å²) in [5.74, 6) is -0.000556. The maximum Gasteiger partial charge on any atom is 0.196 e. The number of halogens is 1. The summed E-state index contributed by atoms with van der Waals surface area (Å²) in [6, 6.07) is 7.06. The molecule has 0 amide bonds. The van der Waals surface area contributed by atoms with Crippen LogP contribution in [0.4, 0.5) is 5.00 Å². The SMILES string of the molecule is Nc1sc2c(c1C(=O)c1cccc(Cl)c1)CCCC2. The fourth-order valence-corrected chi connectivity index (χ4v) is 3.96. The molecular weight excluding hydrogens is 278 g/mol. The van der Waals surface area contributed by atoms with Crippen molar-refractivity contribution in [2.45, 2.75) is 25.7 Å². The van der Waals surface area contributed by atoms with Crippen molar-refractivity contribution in [2.24, 2.45) is 0 Å². The van der Waals surface area contributed by atoms with E-state index in [0.717, 1.165) is 19.3 Å². The number of thiophene rings is 1. The lowest BCUT2D eigenvalue weighted by atomic mass is 9.92. The standard InChI is InChI=1S/C15H14ClNOS/c16-10-5-3-4-9(8-10)14(18)13-11-6-1-2-7-12(11)19-15(13)17/h3-5,8H,1-2,6-7,17H2. The minimum absolute atomic E-state index is 0.000556. The largest absolute Gasteiger partial charge is 0.390 e. The number of rotatable bonds is 2. The third kappa shape index (κ3) is 2.28. The van der Waals surface area contributed by atoms with E-state index in [4.69, 9.17) is 17.3 Å². The Kier molecular flexibility index (Phi) is 3.33. The van der Waals surface area contributed by atoms with Gasteiger partial charge in [-0.15, -0.1) is 11.3 Å². The van der Waals surface area contributed by atoms with Gasteiger partial charge in [-0.2, -0.15) is 0 Å². The van der Waals surface area contributed by atoms with E-state index in [1.165, 1.54) is 16.9 Å². The third-order valence-electron chi connectivity index (χ3n) is 3.51. The highest BCUT2D eigenvalue weighted by Crippen LogP contribution is 2.37. The average molecular weight is 292 g/mol. The molecule has 1 aromatic carbocycles. The number of carbonyl (C=O) groups is 1. The van der Waals surface area contributed by atoms with Gasteiger partial charge < -0.3 is 5.73 Å². The van der Waals surface area contributed by atoms with E-state index < -0.39 is 0 Å². The normalized spacial score (nSPS) is 14.2. The summed E-state index contributed by atoms with van der Waals surface area (Å²) in [6.45, 7) is 0. The van der Waals surface area contributed by atoms with Crippen molar-refractivity contribution >= 4 is 33.7 Å². The minimum Gasteiger partial charge on any atom is -0.390 e. The van der Waals surface area contributed by atoms with Gasteiger partial charge in [0.15, 0.2) is 5.78 Å². The lowest BCUT2D eigenvalue weighted by molar-refractivity contribution is 0.103. The summed E-state index contributed by atoms with van der Waals surface area (Å²) in [5.41, 5.74) is 8.55. The smallest absolute Gasteiger partial charge is 0.196 e. The van der Waals surface area contributed by atoms with Gasteiger partial charge in [0, 0.05) is 15.5 Å². The molecule has 1 aliphatic carbocycles. The molecule has 1 aromatic heterocycles. The molecule has 3 rings (SSSR count). The van der Waals surface area contributed by atoms with Gasteiger partial charge in [0.1, 0.15) is 0 Å². The summed E-state index contributed by atoms with van der Waals surface area (Å²) < 4.78 is 0. The lowest BCUT2D eigenvalue weighted by Gasteiger charge is -2.12. The molecule has 0 unspecified atom stereocenters. The molecule has 0 saturated carbocycles. The van der Waals surface area contributed by atoms with E-state index >= 15 is 0 Å². The predicted molar refractivity (Wildman–Crippen MR) is 80.3 cm³/mol. The predicted octanol–water partition coefficient (Wildman–Crippen LogP) is 4.09. The van der Waals surface area contributed by atoms with Crippen molar-refractivity contribution in [1.29, 1.82) is 0 Å². The zero-order chi connectivity index (χ0) is 13.4. The second kappa shape index (κ2) is 4.99. The van der Waals surface area contributed by atoms with Crippen molar-refractivity contribution in [3.8, 4) is 0 Å². The van der Waals surface area contributed by atoms with Crippen LogP contribution in [0.25, 0.3) is 0 Å². The molecule has 2 nitrogen and oxygen atoms in total. The Hall–Kier alpha value is -1.32. The second-order valence-electron chi connectivity index (χ2n) is 4.79. The maximum atomic E-state index is 12.6. The molecule has 4 heteroatoms. The Morgan fingerprint density at radius 3 is 2.84 bits per heavy atom. The van der Waals surface area contributed by atoms with E-state index in [9.17, 15) is 4.79 Å². The van der Waals surface area contributed by atoms with Crippen LogP contribution in [-0.4, -0.2) is 5.78 Å². The third-order valence-corrected chi connectivity index (χ3v) is 4.87. The number of aryl methyl sites for hydroxylation is 1. The molecule has 1 heterocycles. The van der Waals surface area contributed by atoms with Gasteiger partial charge in [0.2, 0.25) is 0 Å². The summed E-state index contributed by atoms with van der Waals surface area (Å²) in [7, 11) is 0. The molecule has 0 atom stereocenters. The van der Waals surface area contributed by atoms with Gasteiger partial charge in [-0.05, 0) is 43.4 Å². The quantitative estimate of drug-likeness (QED) is 0.847. The number of hydrogen-bond acceptors (Lipinski definition) is 3. The van der Waals surface area contributed by atoms with Crippen LogP contribution < -0.4 is 5.73 Å². The summed E-state index contributed by atoms with van der Waals surface area (Å²) in [4.78, 5) is 13.9. The van der Waals surface area contributed by atoms with E-state index in [0.29, 0.717) is 21.2 Å². The first kappa shape index (κ1) is 12.7. The number of ketones is 1. The van der Waals surface area contributed by atoms with E-state index in [1.54, 1.807) is 35.6 Å². The van der Waals surface area contributed by atoms with Gasteiger partial charge in [-0.25, -0.2) is 0 Å². The van der Waals surface area contributed by atoms with E-state index in [2.05, 4.69) is 0 Å². The fraction of sp³-hybridized carbons (Fsp3) is 0.267. The Balaban J connectivity index is 2.07. The van der Waals surface area contributed by atoms with Crippen molar-refractivity contribution in [2.75, 3.05) is 5.73 Å². The zero-order valence-electron chi connectivity index (χ0n) is 10.4. The van der Waals surface area contributed by atoms with E-state index in [1.807, 2.05) is 0 Å². The summed E-state index contributed by atoms with van der Waals surface area (Å²) >= 11 is 7.52. The highest BCUT2D eigenvalue weighted by Gasteiger charge is 2.24. The Labute approximate surface area is 121 Å². The molecule has 2 N–H and O–H groups in total. The highest BCUT2D eigenvalue weighted by atomic mass is 35.5. The number of carbonyl (C=O) groups excluding carboxylic acids is 1.